The molecule has 0 bridgehead atoms. The first-order valence-corrected chi connectivity index (χ1v) is 16.0. The van der Waals surface area contributed by atoms with Gasteiger partial charge < -0.3 is 20.3 Å². The van der Waals surface area contributed by atoms with Gasteiger partial charge in [-0.15, -0.1) is 0 Å². The van der Waals surface area contributed by atoms with Crippen molar-refractivity contribution in [3.63, 3.8) is 0 Å². The molecular formula is C28H41N5O4S. The molecule has 2 aliphatic rings. The van der Waals surface area contributed by atoms with E-state index in [1.54, 1.807) is 18.7 Å². The molecule has 3 amide bonds. The number of esters is 1. The molecule has 0 spiro atoms. The van der Waals surface area contributed by atoms with Gasteiger partial charge in [-0.05, 0) is 57.4 Å². The summed E-state index contributed by atoms with van der Waals surface area (Å²) in [6, 6.07) is 8.67. The number of aromatic amines is 1. The van der Waals surface area contributed by atoms with Crippen molar-refractivity contribution < 1.29 is 19.1 Å². The Hall–Kier alpha value is -3.01. The fourth-order valence-corrected chi connectivity index (χ4v) is 7.37. The van der Waals surface area contributed by atoms with Crippen LogP contribution in [0.5, 0.6) is 0 Å². The van der Waals surface area contributed by atoms with E-state index in [4.69, 9.17) is 4.74 Å². The van der Waals surface area contributed by atoms with Crippen LogP contribution in [0.4, 0.5) is 10.6 Å². The number of nitrogens with zero attached hydrogens (tertiary/aromatic N) is 2. The smallest absolute Gasteiger partial charge is 0.319 e. The number of carbonyl (C=O) groups excluding carboxylic acids is 3. The van der Waals surface area contributed by atoms with E-state index in [0.717, 1.165) is 36.1 Å². The lowest BCUT2D eigenvalue weighted by Gasteiger charge is -2.53. The minimum Gasteiger partial charge on any atom is -0.463 e. The molecule has 1 saturated carbocycles. The van der Waals surface area contributed by atoms with Crippen LogP contribution < -0.4 is 10.6 Å². The van der Waals surface area contributed by atoms with Crippen molar-refractivity contribution in [3.8, 4) is 0 Å². The molecular weight excluding hydrogens is 502 g/mol. The number of anilines is 1. The predicted molar refractivity (Wildman–Crippen MR) is 151 cm³/mol. The lowest BCUT2D eigenvalue weighted by molar-refractivity contribution is -0.148. The Labute approximate surface area is 226 Å². The van der Waals surface area contributed by atoms with Crippen LogP contribution in [0.3, 0.4) is 0 Å². The first-order chi connectivity index (χ1) is 17.8. The van der Waals surface area contributed by atoms with E-state index in [9.17, 15) is 14.4 Å². The van der Waals surface area contributed by atoms with E-state index in [0.29, 0.717) is 12.4 Å². The highest BCUT2D eigenvalue weighted by atomic mass is 32.3. The van der Waals surface area contributed by atoms with Gasteiger partial charge >= 0.3 is 12.0 Å². The second kappa shape index (κ2) is 10.3. The minimum absolute atomic E-state index is 0.0253. The van der Waals surface area contributed by atoms with Crippen LogP contribution in [0.25, 0.3) is 0 Å². The van der Waals surface area contributed by atoms with Gasteiger partial charge in [0.25, 0.3) is 0 Å². The molecule has 1 aromatic heterocycles. The van der Waals surface area contributed by atoms with Gasteiger partial charge in [-0.1, -0.05) is 44.2 Å². The van der Waals surface area contributed by atoms with E-state index in [1.165, 1.54) is 0 Å². The number of nitrogens with one attached hydrogen (secondary N) is 3. The van der Waals surface area contributed by atoms with Gasteiger partial charge in [-0.3, -0.25) is 14.7 Å². The maximum atomic E-state index is 13.6. The summed E-state index contributed by atoms with van der Waals surface area (Å²) in [5, 5.41) is 13.7. The lowest BCUT2D eigenvalue weighted by atomic mass is 9.83. The van der Waals surface area contributed by atoms with Gasteiger partial charge in [-0.2, -0.15) is 5.10 Å². The number of benzene rings is 1. The van der Waals surface area contributed by atoms with Gasteiger partial charge in [0.05, 0.1) is 34.5 Å². The van der Waals surface area contributed by atoms with Crippen LogP contribution in [0.15, 0.2) is 30.3 Å². The van der Waals surface area contributed by atoms with Crippen LogP contribution in [0, 0.1) is 5.92 Å². The molecule has 10 heteroatoms. The van der Waals surface area contributed by atoms with Crippen molar-refractivity contribution in [2.45, 2.75) is 69.8 Å². The molecule has 1 aliphatic carbocycles. The summed E-state index contributed by atoms with van der Waals surface area (Å²) in [4.78, 5) is 40.9. The Balaban J connectivity index is 1.51. The van der Waals surface area contributed by atoms with E-state index in [2.05, 4.69) is 39.6 Å². The first-order valence-electron chi connectivity index (χ1n) is 13.1. The molecule has 1 fully saturated rings. The van der Waals surface area contributed by atoms with E-state index in [-0.39, 0.29) is 35.2 Å². The Bertz CT molecular complexity index is 1200. The average Bonchev–Trinajstić information content (AvgIpc) is 3.32. The Morgan fingerprint density at radius 3 is 2.34 bits per heavy atom. The molecule has 0 radical (unpaired) electrons. The zero-order valence-electron chi connectivity index (χ0n) is 23.5. The van der Waals surface area contributed by atoms with Crippen LogP contribution in [-0.2, 0) is 26.4 Å². The van der Waals surface area contributed by atoms with Crippen LogP contribution in [0.1, 0.15) is 69.8 Å². The summed E-state index contributed by atoms with van der Waals surface area (Å²) in [6.07, 6.45) is 9.43. The van der Waals surface area contributed by atoms with Crippen LogP contribution >= 0.6 is 10.0 Å². The monoisotopic (exact) mass is 543 g/mol. The topological polar surface area (TPSA) is 116 Å². The third-order valence-electron chi connectivity index (χ3n) is 8.06. The normalized spacial score (nSPS) is 18.8. The summed E-state index contributed by atoms with van der Waals surface area (Å²) >= 11 is 0. The molecule has 3 N–H and O–H groups in total. The summed E-state index contributed by atoms with van der Waals surface area (Å²) < 4.78 is 5.15. The number of hydrogen-bond acceptors (Lipinski definition) is 5. The summed E-state index contributed by atoms with van der Waals surface area (Å²) in [5.74, 6) is -0.0552. The Morgan fingerprint density at radius 1 is 1.13 bits per heavy atom. The maximum Gasteiger partial charge on any atom is 0.319 e. The molecule has 4 rings (SSSR count). The second-order valence-corrected chi connectivity index (χ2v) is 16.4. The molecule has 1 aromatic carbocycles. The highest BCUT2D eigenvalue weighted by Gasteiger charge is 2.51. The van der Waals surface area contributed by atoms with Crippen molar-refractivity contribution in [3.05, 3.63) is 47.2 Å². The van der Waals surface area contributed by atoms with Gasteiger partial charge in [-0.25, -0.2) is 14.8 Å². The third-order valence-corrected chi connectivity index (χ3v) is 11.0. The molecule has 38 heavy (non-hydrogen) atoms. The number of amides is 3. The molecule has 2 heterocycles. The van der Waals surface area contributed by atoms with Gasteiger partial charge in [0, 0.05) is 5.56 Å². The van der Waals surface area contributed by atoms with Crippen molar-refractivity contribution in [1.82, 2.24) is 20.4 Å². The molecule has 1 atom stereocenters. The molecule has 9 nitrogen and oxygen atoms in total. The number of aromatic nitrogens is 2. The number of H-pyrrole nitrogens is 1. The van der Waals surface area contributed by atoms with Crippen molar-refractivity contribution >= 4 is 33.8 Å². The second-order valence-electron chi connectivity index (χ2n) is 11.9. The number of ether oxygens (including phenoxy) is 1. The average molecular weight is 544 g/mol. The fourth-order valence-electron chi connectivity index (χ4n) is 5.25. The van der Waals surface area contributed by atoms with Gasteiger partial charge in [0.2, 0.25) is 5.91 Å². The SMILES string of the molecule is CC(C)C(=O)OC[C@@H](NC(=O)N1Cc2c(NC(=O)C3(S(C)(C)C)CCC3)n[nH]c2C1(C)C)c1ccccc1. The van der Waals surface area contributed by atoms with Gasteiger partial charge in [0.1, 0.15) is 6.61 Å². The largest absolute Gasteiger partial charge is 0.463 e. The first kappa shape index (κ1) is 28.0. The quantitative estimate of drug-likeness (QED) is 0.419. The molecule has 0 unspecified atom stereocenters. The Kier molecular flexibility index (Phi) is 7.58. The number of carbonyl (C=O) groups is 3. The highest BCUT2D eigenvalue weighted by Crippen LogP contribution is 2.60. The number of urea groups is 1. The number of fused-ring (bicyclic) bond motifs is 1. The standard InChI is InChI=1S/C28H41N5O4S/c1-18(2)24(34)37-17-21(19-12-9-8-10-13-19)29-26(36)33-16-20-22(27(33,3)4)31-32-23(20)30-25(35)28(14-11-15-28)38(5,6)7/h8-10,12-13,18,21H,11,14-17H2,1-7H3,(H,29,36)(H2,30,31,32,35)/t21-/m1/s1. The number of rotatable bonds is 8. The van der Waals surface area contributed by atoms with Crippen LogP contribution in [-0.4, -0.2) is 63.1 Å². The lowest BCUT2D eigenvalue weighted by Crippen LogP contribution is -2.51. The summed E-state index contributed by atoms with van der Waals surface area (Å²) in [5.41, 5.74) is 1.78. The minimum atomic E-state index is -1.11. The van der Waals surface area contributed by atoms with Crippen LogP contribution in [0.2, 0.25) is 0 Å². The van der Waals surface area contributed by atoms with E-state index in [1.807, 2.05) is 44.2 Å². The molecule has 208 valence electrons. The Morgan fingerprint density at radius 2 is 1.79 bits per heavy atom. The maximum absolute atomic E-state index is 13.6. The van der Waals surface area contributed by atoms with Crippen molar-refractivity contribution in [2.24, 2.45) is 5.92 Å². The van der Waals surface area contributed by atoms with Crippen molar-refractivity contribution in [1.29, 1.82) is 0 Å². The molecule has 2 aromatic rings. The van der Waals surface area contributed by atoms with E-state index < -0.39 is 21.6 Å². The molecule has 1 aliphatic heterocycles. The summed E-state index contributed by atoms with van der Waals surface area (Å²) in [7, 11) is -1.11. The predicted octanol–water partition coefficient (Wildman–Crippen LogP) is 4.67. The fraction of sp³-hybridized carbons (Fsp3) is 0.571. The molecule has 0 saturated heterocycles. The third kappa shape index (κ3) is 5.02. The number of hydrogen-bond donors (Lipinski definition) is 3. The van der Waals surface area contributed by atoms with Crippen molar-refractivity contribution in [2.75, 3.05) is 30.7 Å². The highest BCUT2D eigenvalue weighted by molar-refractivity contribution is 8.33. The van der Waals surface area contributed by atoms with Gasteiger partial charge in [0.15, 0.2) is 5.82 Å². The van der Waals surface area contributed by atoms with E-state index >= 15 is 0 Å². The summed E-state index contributed by atoms with van der Waals surface area (Å²) in [6.45, 7) is 7.78. The zero-order valence-corrected chi connectivity index (χ0v) is 24.3. The zero-order chi connectivity index (χ0) is 27.9.